The van der Waals surface area contributed by atoms with E-state index in [1.807, 2.05) is 61.9 Å². The lowest BCUT2D eigenvalue weighted by Gasteiger charge is -2.26. The van der Waals surface area contributed by atoms with Crippen LogP contribution >= 0.6 is 23.5 Å². The molecule has 4 aromatic rings. The van der Waals surface area contributed by atoms with E-state index in [0.717, 1.165) is 67.2 Å². The summed E-state index contributed by atoms with van der Waals surface area (Å²) in [6.07, 6.45) is 7.28. The molecule has 1 saturated heterocycles. The first kappa shape index (κ1) is 32.8. The van der Waals surface area contributed by atoms with Crippen LogP contribution in [-0.2, 0) is 11.3 Å². The minimum absolute atomic E-state index is 0.186. The fourth-order valence-electron chi connectivity index (χ4n) is 5.38. The average molecular weight is 649 g/mol. The number of carbonyl (C=O) groups is 1. The first-order chi connectivity index (χ1) is 21.9. The van der Waals surface area contributed by atoms with Crippen LogP contribution in [0, 0.1) is 6.92 Å². The minimum Gasteiger partial charge on any atom is -0.492 e. The number of fused-ring (bicyclic) bond motifs is 1. The maximum Gasteiger partial charge on any atom is 0.323 e. The van der Waals surface area contributed by atoms with Gasteiger partial charge in [-0.2, -0.15) is 0 Å². The number of carbonyl (C=O) groups excluding carboxylic acids is 1. The molecule has 0 bridgehead atoms. The third-order valence-electron chi connectivity index (χ3n) is 7.63. The van der Waals surface area contributed by atoms with Crippen molar-refractivity contribution in [2.24, 2.45) is 0 Å². The van der Waals surface area contributed by atoms with Gasteiger partial charge < -0.3 is 20.1 Å². The van der Waals surface area contributed by atoms with Crippen LogP contribution in [0.1, 0.15) is 25.5 Å². The summed E-state index contributed by atoms with van der Waals surface area (Å²) in [6, 6.07) is 12.9. The normalized spacial score (nSPS) is 13.6. The van der Waals surface area contributed by atoms with Crippen LogP contribution in [0.25, 0.3) is 22.2 Å². The third kappa shape index (κ3) is 7.81. The van der Waals surface area contributed by atoms with Crippen molar-refractivity contribution in [2.45, 2.75) is 43.2 Å². The molecule has 0 aliphatic carbocycles. The zero-order valence-electron chi connectivity index (χ0n) is 26.2. The topological polar surface area (TPSA) is 111 Å². The molecule has 5 rings (SSSR count). The van der Waals surface area contributed by atoms with Crippen molar-refractivity contribution in [3.63, 3.8) is 0 Å². The average Bonchev–Trinajstić information content (AvgIpc) is 3.06. The summed E-state index contributed by atoms with van der Waals surface area (Å²) in [5.41, 5.74) is 3.28. The van der Waals surface area contributed by atoms with Gasteiger partial charge in [-0.3, -0.25) is 14.3 Å². The van der Waals surface area contributed by atoms with Crippen LogP contribution in [0.4, 0.5) is 16.2 Å². The largest absolute Gasteiger partial charge is 0.492 e. The molecular weight excluding hydrogens is 609 g/mol. The lowest BCUT2D eigenvalue weighted by molar-refractivity contribution is 0.0322. The van der Waals surface area contributed by atoms with Crippen molar-refractivity contribution in [1.29, 1.82) is 0 Å². The standard InChI is InChI=1S/C33H40N6O4S2/c1-5-6-13-39-30-25(11-8-12-34-30)27(23-9-7-10-24(21-23)43-19-16-38-14-17-42-18-15-38)29(32(39)40)37-33(41)36-28-26(44-3)20-22(2)35-31(28)45-4/h7-12,20-21H,5-6,13-19H2,1-4H3,(H2,36,37,41). The van der Waals surface area contributed by atoms with E-state index in [1.54, 1.807) is 10.8 Å². The second-order valence-corrected chi connectivity index (χ2v) is 12.3. The van der Waals surface area contributed by atoms with Gasteiger partial charge in [-0.1, -0.05) is 25.5 Å². The van der Waals surface area contributed by atoms with Gasteiger partial charge in [0.1, 0.15) is 28.7 Å². The Bertz CT molecular complexity index is 1680. The zero-order chi connectivity index (χ0) is 31.8. The Morgan fingerprint density at radius 2 is 1.84 bits per heavy atom. The molecule has 2 amide bonds. The molecule has 1 aliphatic rings. The van der Waals surface area contributed by atoms with Crippen molar-refractivity contribution < 1.29 is 14.3 Å². The molecule has 1 aromatic carbocycles. The summed E-state index contributed by atoms with van der Waals surface area (Å²) in [4.78, 5) is 40.3. The highest BCUT2D eigenvalue weighted by molar-refractivity contribution is 7.99. The summed E-state index contributed by atoms with van der Waals surface area (Å²) in [5, 5.41) is 7.40. The molecule has 2 N–H and O–H groups in total. The molecule has 0 saturated carbocycles. The maximum absolute atomic E-state index is 14.2. The molecule has 12 heteroatoms. The Balaban J connectivity index is 1.54. The molecule has 0 radical (unpaired) electrons. The van der Waals surface area contributed by atoms with Gasteiger partial charge >= 0.3 is 6.03 Å². The molecule has 1 aliphatic heterocycles. The molecule has 238 valence electrons. The number of urea groups is 1. The zero-order valence-corrected chi connectivity index (χ0v) is 27.9. The first-order valence-electron chi connectivity index (χ1n) is 15.2. The summed E-state index contributed by atoms with van der Waals surface area (Å²) in [5.74, 6) is 0.684. The van der Waals surface area contributed by atoms with Gasteiger partial charge in [0.05, 0.1) is 18.9 Å². The number of rotatable bonds is 12. The maximum atomic E-state index is 14.2. The van der Waals surface area contributed by atoms with Crippen molar-refractivity contribution >= 4 is 52.0 Å². The number of nitrogens with zero attached hydrogens (tertiary/aromatic N) is 4. The lowest BCUT2D eigenvalue weighted by atomic mass is 10.00. The van der Waals surface area contributed by atoms with E-state index in [-0.39, 0.29) is 11.2 Å². The molecular formula is C33H40N6O4S2. The van der Waals surface area contributed by atoms with Crippen LogP contribution in [0.3, 0.4) is 0 Å². The number of unbranched alkanes of at least 4 members (excludes halogenated alkanes) is 1. The second kappa shape index (κ2) is 15.6. The quantitative estimate of drug-likeness (QED) is 0.170. The number of aromatic nitrogens is 3. The van der Waals surface area contributed by atoms with Gasteiger partial charge in [-0.15, -0.1) is 23.5 Å². The highest BCUT2D eigenvalue weighted by Crippen LogP contribution is 2.36. The van der Waals surface area contributed by atoms with E-state index in [4.69, 9.17) is 9.47 Å². The number of amides is 2. The Morgan fingerprint density at radius 1 is 1.04 bits per heavy atom. The number of pyridine rings is 3. The highest BCUT2D eigenvalue weighted by atomic mass is 32.2. The minimum atomic E-state index is -0.521. The third-order valence-corrected chi connectivity index (χ3v) is 9.07. The molecule has 1 fully saturated rings. The monoisotopic (exact) mass is 648 g/mol. The van der Waals surface area contributed by atoms with E-state index in [9.17, 15) is 9.59 Å². The van der Waals surface area contributed by atoms with Crippen molar-refractivity contribution in [1.82, 2.24) is 19.4 Å². The van der Waals surface area contributed by atoms with Gasteiger partial charge in [0.2, 0.25) is 0 Å². The number of ether oxygens (including phenoxy) is 2. The van der Waals surface area contributed by atoms with E-state index in [1.165, 1.54) is 23.5 Å². The molecule has 3 aromatic heterocycles. The highest BCUT2D eigenvalue weighted by Gasteiger charge is 2.22. The van der Waals surface area contributed by atoms with Gasteiger partial charge in [-0.25, -0.2) is 14.8 Å². The van der Waals surface area contributed by atoms with Crippen LogP contribution < -0.4 is 20.9 Å². The fourth-order valence-corrected chi connectivity index (χ4v) is 6.68. The molecule has 0 spiro atoms. The molecule has 4 heterocycles. The molecule has 0 atom stereocenters. The number of hydrogen-bond acceptors (Lipinski definition) is 9. The van der Waals surface area contributed by atoms with E-state index < -0.39 is 6.03 Å². The number of anilines is 2. The fraction of sp³-hybridized carbons (Fsp3) is 0.394. The van der Waals surface area contributed by atoms with Gasteiger partial charge in [0.15, 0.2) is 0 Å². The van der Waals surface area contributed by atoms with Crippen LogP contribution in [0.15, 0.2) is 63.4 Å². The van der Waals surface area contributed by atoms with Crippen LogP contribution in [0.2, 0.25) is 0 Å². The van der Waals surface area contributed by atoms with Crippen LogP contribution in [0.5, 0.6) is 5.75 Å². The van der Waals surface area contributed by atoms with E-state index in [2.05, 4.69) is 32.4 Å². The summed E-state index contributed by atoms with van der Waals surface area (Å²) in [6.45, 7) is 9.07. The smallest absolute Gasteiger partial charge is 0.323 e. The number of aryl methyl sites for hydroxylation is 2. The second-order valence-electron chi connectivity index (χ2n) is 10.7. The predicted molar refractivity (Wildman–Crippen MR) is 184 cm³/mol. The number of thioether (sulfide) groups is 2. The lowest BCUT2D eigenvalue weighted by Crippen LogP contribution is -2.38. The van der Waals surface area contributed by atoms with Crippen LogP contribution in [-0.4, -0.2) is 77.4 Å². The predicted octanol–water partition coefficient (Wildman–Crippen LogP) is 6.37. The summed E-state index contributed by atoms with van der Waals surface area (Å²) >= 11 is 2.98. The molecule has 45 heavy (non-hydrogen) atoms. The van der Waals surface area contributed by atoms with Crippen molar-refractivity contribution in [3.05, 3.63) is 64.7 Å². The Kier molecular flexibility index (Phi) is 11.4. The number of morpholine rings is 1. The summed E-state index contributed by atoms with van der Waals surface area (Å²) < 4.78 is 13.3. The number of benzene rings is 1. The van der Waals surface area contributed by atoms with E-state index in [0.29, 0.717) is 40.8 Å². The van der Waals surface area contributed by atoms with Gasteiger partial charge in [0, 0.05) is 53.9 Å². The Hall–Kier alpha value is -3.58. The van der Waals surface area contributed by atoms with Gasteiger partial charge in [0.25, 0.3) is 5.56 Å². The summed E-state index contributed by atoms with van der Waals surface area (Å²) in [7, 11) is 0. The first-order valence-corrected chi connectivity index (χ1v) is 17.6. The van der Waals surface area contributed by atoms with Crippen molar-refractivity contribution in [3.8, 4) is 16.9 Å². The van der Waals surface area contributed by atoms with Gasteiger partial charge in [-0.05, 0) is 61.8 Å². The molecule has 10 nitrogen and oxygen atoms in total. The number of nitrogens with one attached hydrogen (secondary N) is 2. The van der Waals surface area contributed by atoms with E-state index >= 15 is 0 Å². The number of hydrogen-bond donors (Lipinski definition) is 2. The SMILES string of the molecule is CCCCn1c(=O)c(NC(=O)Nc2c(SC)cc(C)nc2SC)c(-c2cccc(OCCN3CCOCC3)c2)c2cccnc21. The van der Waals surface area contributed by atoms with Crippen molar-refractivity contribution in [2.75, 3.05) is 62.6 Å². The Morgan fingerprint density at radius 3 is 2.60 bits per heavy atom. The Labute approximate surface area is 272 Å². The molecule has 0 unspecified atom stereocenters.